The molecule has 0 amide bonds. The largest absolute Gasteiger partial charge is 0.317 e. The molecule has 0 aromatic heterocycles. The van der Waals surface area contributed by atoms with Crippen LogP contribution >= 0.6 is 0 Å². The molecule has 2 unspecified atom stereocenters. The molecule has 19 heavy (non-hydrogen) atoms. The van der Waals surface area contributed by atoms with E-state index < -0.39 is 0 Å². The molecule has 0 spiro atoms. The van der Waals surface area contributed by atoms with Gasteiger partial charge in [-0.05, 0) is 45.9 Å². The molecule has 0 bridgehead atoms. The van der Waals surface area contributed by atoms with Gasteiger partial charge in [-0.15, -0.1) is 0 Å². The quantitative estimate of drug-likeness (QED) is 0.728. The predicted octanol–water partition coefficient (Wildman–Crippen LogP) is 0.554. The first-order chi connectivity index (χ1) is 9.20. The van der Waals surface area contributed by atoms with Crippen molar-refractivity contribution in [3.63, 3.8) is 0 Å². The van der Waals surface area contributed by atoms with E-state index in [1.807, 2.05) is 0 Å². The van der Waals surface area contributed by atoms with Gasteiger partial charge in [0.05, 0.1) is 0 Å². The van der Waals surface area contributed by atoms with Crippen LogP contribution in [0, 0.1) is 5.92 Å². The molecule has 1 saturated heterocycles. The topological polar surface area (TPSA) is 21.8 Å². The summed E-state index contributed by atoms with van der Waals surface area (Å²) in [5.41, 5.74) is 0. The third-order valence-electron chi connectivity index (χ3n) is 4.77. The van der Waals surface area contributed by atoms with E-state index in [-0.39, 0.29) is 0 Å². The van der Waals surface area contributed by atoms with Gasteiger partial charge in [0.2, 0.25) is 0 Å². The standard InChI is InChI=1S/C15H32N4/c1-4-16-13-14-5-6-15(14)19-11-9-18(10-12-19)8-7-17(2)3/h14-16H,4-13H2,1-3H3. The second-order valence-electron chi connectivity index (χ2n) is 6.39. The fourth-order valence-electron chi connectivity index (χ4n) is 3.26. The first-order valence-corrected chi connectivity index (χ1v) is 8.02. The van der Waals surface area contributed by atoms with Gasteiger partial charge in [-0.25, -0.2) is 0 Å². The highest BCUT2D eigenvalue weighted by Gasteiger charge is 2.36. The van der Waals surface area contributed by atoms with E-state index in [2.05, 4.69) is 41.0 Å². The molecule has 0 radical (unpaired) electrons. The minimum atomic E-state index is 0.870. The maximum atomic E-state index is 3.52. The Morgan fingerprint density at radius 2 is 1.84 bits per heavy atom. The van der Waals surface area contributed by atoms with E-state index >= 15 is 0 Å². The van der Waals surface area contributed by atoms with Crippen LogP contribution in [0.4, 0.5) is 0 Å². The van der Waals surface area contributed by atoms with Crippen LogP contribution < -0.4 is 5.32 Å². The molecule has 4 nitrogen and oxygen atoms in total. The van der Waals surface area contributed by atoms with Gasteiger partial charge in [0.15, 0.2) is 0 Å². The minimum Gasteiger partial charge on any atom is -0.317 e. The van der Waals surface area contributed by atoms with Crippen molar-refractivity contribution >= 4 is 0 Å². The van der Waals surface area contributed by atoms with Gasteiger partial charge in [-0.3, -0.25) is 9.80 Å². The Labute approximate surface area is 119 Å². The maximum Gasteiger partial charge on any atom is 0.0137 e. The van der Waals surface area contributed by atoms with E-state index in [1.165, 1.54) is 58.7 Å². The molecule has 2 fully saturated rings. The third kappa shape index (κ3) is 4.42. The number of hydrogen-bond acceptors (Lipinski definition) is 4. The van der Waals surface area contributed by atoms with Crippen LogP contribution in [0.25, 0.3) is 0 Å². The number of nitrogens with one attached hydrogen (secondary N) is 1. The Kier molecular flexibility index (Phi) is 6.07. The van der Waals surface area contributed by atoms with Gasteiger partial charge < -0.3 is 10.2 Å². The highest BCUT2D eigenvalue weighted by Crippen LogP contribution is 2.32. The van der Waals surface area contributed by atoms with Gasteiger partial charge in [-0.2, -0.15) is 0 Å². The summed E-state index contributed by atoms with van der Waals surface area (Å²) >= 11 is 0. The lowest BCUT2D eigenvalue weighted by atomic mass is 9.78. The van der Waals surface area contributed by atoms with E-state index in [4.69, 9.17) is 0 Å². The molecule has 112 valence electrons. The summed E-state index contributed by atoms with van der Waals surface area (Å²) in [6.07, 6.45) is 2.85. The fourth-order valence-corrected chi connectivity index (χ4v) is 3.26. The molecule has 1 saturated carbocycles. The number of hydrogen-bond donors (Lipinski definition) is 1. The third-order valence-corrected chi connectivity index (χ3v) is 4.77. The van der Waals surface area contributed by atoms with Crippen LogP contribution in [-0.4, -0.2) is 87.2 Å². The van der Waals surface area contributed by atoms with Crippen LogP contribution in [0.2, 0.25) is 0 Å². The van der Waals surface area contributed by atoms with Gasteiger partial charge in [0.25, 0.3) is 0 Å². The lowest BCUT2D eigenvalue weighted by Crippen LogP contribution is -2.57. The second-order valence-corrected chi connectivity index (χ2v) is 6.39. The van der Waals surface area contributed by atoms with Crippen molar-refractivity contribution in [2.24, 2.45) is 5.92 Å². The zero-order valence-electron chi connectivity index (χ0n) is 13.1. The van der Waals surface area contributed by atoms with Crippen LogP contribution in [0.5, 0.6) is 0 Å². The van der Waals surface area contributed by atoms with Crippen LogP contribution in [0.3, 0.4) is 0 Å². The summed E-state index contributed by atoms with van der Waals surface area (Å²) < 4.78 is 0. The molecule has 1 heterocycles. The summed E-state index contributed by atoms with van der Waals surface area (Å²) in [6, 6.07) is 0.870. The first-order valence-electron chi connectivity index (χ1n) is 8.02. The van der Waals surface area contributed by atoms with Crippen molar-refractivity contribution in [3.8, 4) is 0 Å². The summed E-state index contributed by atoms with van der Waals surface area (Å²) in [5.74, 6) is 0.910. The van der Waals surface area contributed by atoms with Crippen molar-refractivity contribution in [2.45, 2.75) is 25.8 Å². The normalized spacial score (nSPS) is 29.7. The Bertz CT molecular complexity index is 249. The number of rotatable bonds is 7. The van der Waals surface area contributed by atoms with Crippen LogP contribution in [-0.2, 0) is 0 Å². The highest BCUT2D eigenvalue weighted by molar-refractivity contribution is 4.91. The molecular weight excluding hydrogens is 236 g/mol. The average molecular weight is 268 g/mol. The van der Waals surface area contributed by atoms with Gasteiger partial charge >= 0.3 is 0 Å². The van der Waals surface area contributed by atoms with Crippen LogP contribution in [0.15, 0.2) is 0 Å². The van der Waals surface area contributed by atoms with Crippen molar-refractivity contribution in [3.05, 3.63) is 0 Å². The van der Waals surface area contributed by atoms with E-state index in [1.54, 1.807) is 0 Å². The molecular formula is C15H32N4. The summed E-state index contributed by atoms with van der Waals surface area (Å²) in [5, 5.41) is 3.52. The fraction of sp³-hybridized carbons (Fsp3) is 1.00. The zero-order valence-corrected chi connectivity index (χ0v) is 13.1. The molecule has 2 aliphatic rings. The number of piperazine rings is 1. The zero-order chi connectivity index (χ0) is 13.7. The van der Waals surface area contributed by atoms with E-state index in [0.29, 0.717) is 0 Å². The van der Waals surface area contributed by atoms with E-state index in [0.717, 1.165) is 18.5 Å². The van der Waals surface area contributed by atoms with E-state index in [9.17, 15) is 0 Å². The van der Waals surface area contributed by atoms with Gasteiger partial charge in [0, 0.05) is 45.3 Å². The van der Waals surface area contributed by atoms with Gasteiger partial charge in [0.1, 0.15) is 0 Å². The predicted molar refractivity (Wildman–Crippen MR) is 81.6 cm³/mol. The summed E-state index contributed by atoms with van der Waals surface area (Å²) in [6.45, 7) is 12.0. The maximum absolute atomic E-state index is 3.52. The molecule has 2 atom stereocenters. The second kappa shape index (κ2) is 7.58. The summed E-state index contributed by atoms with van der Waals surface area (Å²) in [4.78, 5) is 7.65. The summed E-state index contributed by atoms with van der Waals surface area (Å²) in [7, 11) is 4.33. The Morgan fingerprint density at radius 3 is 2.37 bits per heavy atom. The lowest BCUT2D eigenvalue weighted by Gasteiger charge is -2.48. The number of nitrogens with zero attached hydrogens (tertiary/aromatic N) is 3. The first kappa shape index (κ1) is 15.2. The molecule has 1 aliphatic heterocycles. The average Bonchev–Trinajstić information content (AvgIpc) is 2.37. The Hall–Kier alpha value is -0.160. The molecule has 0 aromatic rings. The molecule has 1 aliphatic carbocycles. The van der Waals surface area contributed by atoms with Gasteiger partial charge in [-0.1, -0.05) is 6.92 Å². The van der Waals surface area contributed by atoms with Crippen molar-refractivity contribution in [2.75, 3.05) is 66.5 Å². The Balaban J connectivity index is 1.65. The Morgan fingerprint density at radius 1 is 1.11 bits per heavy atom. The number of likely N-dealkylation sites (N-methyl/N-ethyl adjacent to an activating group) is 1. The smallest absolute Gasteiger partial charge is 0.0137 e. The molecule has 4 heteroatoms. The minimum absolute atomic E-state index is 0.870. The molecule has 0 aromatic carbocycles. The van der Waals surface area contributed by atoms with Crippen molar-refractivity contribution < 1.29 is 0 Å². The lowest BCUT2D eigenvalue weighted by molar-refractivity contribution is 0.0201. The monoisotopic (exact) mass is 268 g/mol. The molecule has 1 N–H and O–H groups in total. The SMILES string of the molecule is CCNCC1CCC1N1CCN(CCN(C)C)CC1. The van der Waals surface area contributed by atoms with Crippen molar-refractivity contribution in [1.82, 2.24) is 20.0 Å². The highest BCUT2D eigenvalue weighted by atomic mass is 15.3. The van der Waals surface area contributed by atoms with Crippen molar-refractivity contribution in [1.29, 1.82) is 0 Å². The van der Waals surface area contributed by atoms with Crippen LogP contribution in [0.1, 0.15) is 19.8 Å². The molecule has 2 rings (SSSR count).